The van der Waals surface area contributed by atoms with Gasteiger partial charge in [0.05, 0.1) is 31.0 Å². The van der Waals surface area contributed by atoms with Gasteiger partial charge in [0.1, 0.15) is 0 Å². The Hall–Kier alpha value is -1.44. The summed E-state index contributed by atoms with van der Waals surface area (Å²) in [5.41, 5.74) is 0.775. The lowest BCUT2D eigenvalue weighted by molar-refractivity contribution is -0.0593. The number of fused-ring (bicyclic) bond motifs is 1. The molecule has 146 valence electrons. The zero-order valence-corrected chi connectivity index (χ0v) is 16.0. The summed E-state index contributed by atoms with van der Waals surface area (Å²) in [4.78, 5) is 1.87. The number of hydrogen-bond donors (Lipinski definition) is 3. The van der Waals surface area contributed by atoms with E-state index in [1.165, 1.54) is 0 Å². The van der Waals surface area contributed by atoms with Gasteiger partial charge in [0, 0.05) is 37.9 Å². The van der Waals surface area contributed by atoms with Crippen LogP contribution in [0.1, 0.15) is 20.8 Å². The maximum Gasteiger partial charge on any atom is 0.0900 e. The topological polar surface area (TPSA) is 78.1 Å². The number of ether oxygens (including phenoxy) is 1. The molecule has 0 saturated carbocycles. The Bertz CT molecular complexity index is 665. The van der Waals surface area contributed by atoms with E-state index in [4.69, 9.17) is 4.74 Å². The zero-order chi connectivity index (χ0) is 19.2. The average molecular weight is 364 g/mol. The average Bonchev–Trinajstić information content (AvgIpc) is 2.96. The minimum absolute atomic E-state index is 0.0218. The number of aliphatic hydroxyl groups is 3. The Kier molecular flexibility index (Phi) is 7.61. The van der Waals surface area contributed by atoms with Gasteiger partial charge in [-0.1, -0.05) is 18.2 Å². The first-order chi connectivity index (χ1) is 12.3. The molecule has 1 aromatic carbocycles. The summed E-state index contributed by atoms with van der Waals surface area (Å²) in [7, 11) is 0. The van der Waals surface area contributed by atoms with E-state index in [1.54, 1.807) is 0 Å². The molecule has 2 atom stereocenters. The number of nitrogens with zero attached hydrogens (tertiary/aromatic N) is 2. The van der Waals surface area contributed by atoms with Crippen LogP contribution in [0.2, 0.25) is 0 Å². The van der Waals surface area contributed by atoms with Gasteiger partial charge < -0.3 is 24.6 Å². The third kappa shape index (κ3) is 6.70. The van der Waals surface area contributed by atoms with Crippen LogP contribution < -0.4 is 0 Å². The molecule has 6 nitrogen and oxygen atoms in total. The molecule has 2 rings (SSSR count). The maximum absolute atomic E-state index is 10.5. The summed E-state index contributed by atoms with van der Waals surface area (Å²) in [5.74, 6) is 0. The van der Waals surface area contributed by atoms with Crippen LogP contribution in [0, 0.1) is 0 Å². The van der Waals surface area contributed by atoms with Crippen LogP contribution in [-0.4, -0.2) is 75.4 Å². The van der Waals surface area contributed by atoms with Crippen molar-refractivity contribution >= 4 is 10.9 Å². The highest BCUT2D eigenvalue weighted by Crippen LogP contribution is 2.15. The zero-order valence-electron chi connectivity index (χ0n) is 16.0. The lowest BCUT2D eigenvalue weighted by atomic mass is 10.2. The minimum atomic E-state index is -0.666. The van der Waals surface area contributed by atoms with E-state index in [0.717, 1.165) is 10.9 Å². The number of para-hydroxylation sites is 1. The number of rotatable bonds is 10. The number of benzene rings is 1. The molecule has 0 saturated heterocycles. The van der Waals surface area contributed by atoms with Crippen LogP contribution >= 0.6 is 0 Å². The Labute approximate surface area is 155 Å². The molecule has 0 bridgehead atoms. The third-order valence-electron chi connectivity index (χ3n) is 4.15. The number of aliphatic hydroxyl groups excluding tert-OH is 3. The molecule has 0 unspecified atom stereocenters. The first-order valence-corrected chi connectivity index (χ1v) is 9.15. The van der Waals surface area contributed by atoms with Crippen LogP contribution in [0.3, 0.4) is 0 Å². The summed E-state index contributed by atoms with van der Waals surface area (Å²) < 4.78 is 7.63. The van der Waals surface area contributed by atoms with Gasteiger partial charge in [-0.05, 0) is 38.3 Å². The standard InChI is InChI=1S/C20H32N2O4/c1-20(2,3)26-15-18(25)13-21(10-11-23)12-17(24)14-22-9-8-16-6-4-5-7-19(16)22/h4-9,17-18,23-25H,10-15H2,1-3H3/t17-,18-/m1/s1. The van der Waals surface area contributed by atoms with Gasteiger partial charge in [-0.25, -0.2) is 0 Å². The largest absolute Gasteiger partial charge is 0.395 e. The summed E-state index contributed by atoms with van der Waals surface area (Å²) >= 11 is 0. The molecular formula is C20H32N2O4. The van der Waals surface area contributed by atoms with Crippen molar-refractivity contribution in [1.29, 1.82) is 0 Å². The van der Waals surface area contributed by atoms with Gasteiger partial charge >= 0.3 is 0 Å². The predicted octanol–water partition coefficient (Wildman–Crippen LogP) is 1.47. The summed E-state index contributed by atoms with van der Waals surface area (Å²) in [6.07, 6.45) is 0.699. The molecule has 6 heteroatoms. The minimum Gasteiger partial charge on any atom is -0.395 e. The van der Waals surface area contributed by atoms with Gasteiger partial charge in [-0.3, -0.25) is 4.90 Å². The Morgan fingerprint density at radius 1 is 1.08 bits per heavy atom. The van der Waals surface area contributed by atoms with E-state index in [9.17, 15) is 15.3 Å². The van der Waals surface area contributed by atoms with Gasteiger partial charge in [0.2, 0.25) is 0 Å². The fourth-order valence-electron chi connectivity index (χ4n) is 2.98. The first-order valence-electron chi connectivity index (χ1n) is 9.15. The quantitative estimate of drug-likeness (QED) is 0.595. The van der Waals surface area contributed by atoms with Gasteiger partial charge in [0.15, 0.2) is 0 Å². The van der Waals surface area contributed by atoms with Crippen molar-refractivity contribution in [3.63, 3.8) is 0 Å². The van der Waals surface area contributed by atoms with Crippen LogP contribution in [0.25, 0.3) is 10.9 Å². The molecule has 0 aliphatic heterocycles. The second-order valence-electron chi connectivity index (χ2n) is 7.74. The third-order valence-corrected chi connectivity index (χ3v) is 4.15. The molecule has 0 spiro atoms. The molecule has 1 aromatic heterocycles. The predicted molar refractivity (Wildman–Crippen MR) is 103 cm³/mol. The highest BCUT2D eigenvalue weighted by molar-refractivity contribution is 5.79. The highest BCUT2D eigenvalue weighted by Gasteiger charge is 2.19. The van der Waals surface area contributed by atoms with E-state index in [-0.39, 0.29) is 18.8 Å². The number of hydrogen-bond acceptors (Lipinski definition) is 5. The SMILES string of the molecule is CC(C)(C)OC[C@H](O)CN(CCO)C[C@@H](O)Cn1ccc2ccccc21. The van der Waals surface area contributed by atoms with E-state index in [2.05, 4.69) is 0 Å². The number of aromatic nitrogens is 1. The van der Waals surface area contributed by atoms with Gasteiger partial charge in [-0.15, -0.1) is 0 Å². The fourth-order valence-corrected chi connectivity index (χ4v) is 2.98. The molecule has 0 radical (unpaired) electrons. The van der Waals surface area contributed by atoms with E-state index in [1.807, 2.05) is 66.8 Å². The Morgan fingerprint density at radius 3 is 2.46 bits per heavy atom. The van der Waals surface area contributed by atoms with Crippen LogP contribution in [0.5, 0.6) is 0 Å². The van der Waals surface area contributed by atoms with Crippen LogP contribution in [-0.2, 0) is 11.3 Å². The molecule has 1 heterocycles. The second kappa shape index (κ2) is 9.48. The van der Waals surface area contributed by atoms with E-state index in [0.29, 0.717) is 26.2 Å². The Morgan fingerprint density at radius 2 is 1.77 bits per heavy atom. The van der Waals surface area contributed by atoms with Crippen molar-refractivity contribution in [2.24, 2.45) is 0 Å². The van der Waals surface area contributed by atoms with Gasteiger partial charge in [0.25, 0.3) is 0 Å². The van der Waals surface area contributed by atoms with Gasteiger partial charge in [-0.2, -0.15) is 0 Å². The molecule has 3 N–H and O–H groups in total. The lowest BCUT2D eigenvalue weighted by Crippen LogP contribution is -2.42. The fraction of sp³-hybridized carbons (Fsp3) is 0.600. The molecule has 0 fully saturated rings. The highest BCUT2D eigenvalue weighted by atomic mass is 16.5. The van der Waals surface area contributed by atoms with Crippen LogP contribution in [0.15, 0.2) is 36.5 Å². The first kappa shape index (κ1) is 20.9. The van der Waals surface area contributed by atoms with E-state index < -0.39 is 12.2 Å². The smallest absolute Gasteiger partial charge is 0.0900 e. The van der Waals surface area contributed by atoms with Crippen LogP contribution in [0.4, 0.5) is 0 Å². The molecular weight excluding hydrogens is 332 g/mol. The normalized spacial score (nSPS) is 14.9. The summed E-state index contributed by atoms with van der Waals surface area (Å²) in [6, 6.07) is 10.1. The molecule has 26 heavy (non-hydrogen) atoms. The van der Waals surface area contributed by atoms with Crippen molar-refractivity contribution < 1.29 is 20.1 Å². The molecule has 2 aromatic rings. The molecule has 0 aliphatic rings. The summed E-state index contributed by atoms with van der Waals surface area (Å²) in [6.45, 7) is 7.61. The van der Waals surface area contributed by atoms with Crippen molar-refractivity contribution in [1.82, 2.24) is 9.47 Å². The van der Waals surface area contributed by atoms with Crippen molar-refractivity contribution in [3.8, 4) is 0 Å². The Balaban J connectivity index is 1.89. The lowest BCUT2D eigenvalue weighted by Gasteiger charge is -2.28. The molecule has 0 amide bonds. The van der Waals surface area contributed by atoms with Crippen molar-refractivity contribution in [2.75, 3.05) is 32.8 Å². The van der Waals surface area contributed by atoms with Crippen molar-refractivity contribution in [2.45, 2.75) is 45.1 Å². The molecule has 0 aliphatic carbocycles. The monoisotopic (exact) mass is 364 g/mol. The second-order valence-corrected chi connectivity index (χ2v) is 7.74. The summed E-state index contributed by atoms with van der Waals surface area (Å²) in [5, 5.41) is 31.1. The van der Waals surface area contributed by atoms with E-state index >= 15 is 0 Å². The van der Waals surface area contributed by atoms with Crippen molar-refractivity contribution in [3.05, 3.63) is 36.5 Å². The maximum atomic E-state index is 10.5.